The molecule has 1 saturated heterocycles. The largest absolute Gasteiger partial charge is 0.465 e. The normalized spacial score (nSPS) is 13.9. The molecule has 3 rings (SSSR count). The molecule has 29 heavy (non-hydrogen) atoms. The van der Waals surface area contributed by atoms with E-state index in [0.29, 0.717) is 24.6 Å². The lowest BCUT2D eigenvalue weighted by Gasteiger charge is -2.15. The third-order valence-electron chi connectivity index (χ3n) is 3.74. The smallest absolute Gasteiger partial charge is 0.327 e. The van der Waals surface area contributed by atoms with Gasteiger partial charge < -0.3 is 9.47 Å². The number of hydrogen-bond acceptors (Lipinski definition) is 10. The molecule has 3 heterocycles. The summed E-state index contributed by atoms with van der Waals surface area (Å²) < 4.78 is 13.9. The highest BCUT2D eigenvalue weighted by atomic mass is 32.2. The number of carbonyl (C=O) groups is 2. The first-order chi connectivity index (χ1) is 14.1. The zero-order chi connectivity index (χ0) is 20.6. The van der Waals surface area contributed by atoms with Crippen LogP contribution in [0.4, 0.5) is 0 Å². The van der Waals surface area contributed by atoms with Crippen LogP contribution in [0.2, 0.25) is 0 Å². The van der Waals surface area contributed by atoms with Gasteiger partial charge in [0.05, 0.1) is 35.4 Å². The van der Waals surface area contributed by atoms with Gasteiger partial charge in [-0.15, -0.1) is 33.7 Å². The van der Waals surface area contributed by atoms with Gasteiger partial charge in [0.15, 0.2) is 0 Å². The molecule has 0 saturated carbocycles. The van der Waals surface area contributed by atoms with E-state index in [-0.39, 0.29) is 25.0 Å². The van der Waals surface area contributed by atoms with Crippen molar-refractivity contribution in [3.05, 3.63) is 28.0 Å². The van der Waals surface area contributed by atoms with Crippen molar-refractivity contribution in [3.8, 4) is 0 Å². The Morgan fingerprint density at radius 3 is 1.86 bits per heavy atom. The molecule has 0 N–H and O–H groups in total. The first-order valence-corrected chi connectivity index (χ1v) is 11.2. The molecule has 1 aliphatic rings. The highest BCUT2D eigenvalue weighted by Crippen LogP contribution is 2.41. The van der Waals surface area contributed by atoms with Crippen LogP contribution in [-0.4, -0.2) is 66.6 Å². The predicted octanol–water partition coefficient (Wildman–Crippen LogP) is 1.58. The van der Waals surface area contributed by atoms with Crippen molar-refractivity contribution in [1.82, 2.24) is 30.0 Å². The van der Waals surface area contributed by atoms with E-state index in [1.54, 1.807) is 49.8 Å². The van der Waals surface area contributed by atoms with Crippen LogP contribution in [0.15, 0.2) is 16.6 Å². The van der Waals surface area contributed by atoms with Crippen LogP contribution in [0.1, 0.15) is 31.7 Å². The van der Waals surface area contributed by atoms with Crippen LogP contribution >= 0.6 is 23.5 Å². The molecule has 10 nitrogen and oxygen atoms in total. The second kappa shape index (κ2) is 10.4. The summed E-state index contributed by atoms with van der Waals surface area (Å²) in [6.45, 7) is 4.10. The van der Waals surface area contributed by atoms with E-state index in [4.69, 9.17) is 9.47 Å². The standard InChI is InChI=1S/C17H22N6O4S2/c1-3-26-14(24)10-22-8-12(18-20-22)16(17-28-6-5-7-29-17)13-9-23(21-19-13)11-15(25)27-4-2/h8-9H,3-7,10-11H2,1-2H3. The third-order valence-corrected chi connectivity index (χ3v) is 6.37. The summed E-state index contributed by atoms with van der Waals surface area (Å²) in [4.78, 5) is 23.4. The molecule has 0 amide bonds. The molecule has 156 valence electrons. The summed E-state index contributed by atoms with van der Waals surface area (Å²) in [6, 6.07) is 0. The van der Waals surface area contributed by atoms with E-state index in [0.717, 1.165) is 27.7 Å². The van der Waals surface area contributed by atoms with Gasteiger partial charge in [-0.3, -0.25) is 9.59 Å². The quantitative estimate of drug-likeness (QED) is 0.563. The molecule has 1 fully saturated rings. The Morgan fingerprint density at radius 2 is 1.41 bits per heavy atom. The highest BCUT2D eigenvalue weighted by molar-refractivity contribution is 8.23. The SMILES string of the molecule is CCOC(=O)Cn1cc(C(=C2SCCCS2)c2cn(CC(=O)OCC)nn2)nn1. The number of hydrogen-bond donors (Lipinski definition) is 0. The lowest BCUT2D eigenvalue weighted by Crippen LogP contribution is -2.13. The van der Waals surface area contributed by atoms with Crippen LogP contribution < -0.4 is 0 Å². The average molecular weight is 439 g/mol. The van der Waals surface area contributed by atoms with Gasteiger partial charge in [0, 0.05) is 0 Å². The van der Waals surface area contributed by atoms with Crippen molar-refractivity contribution >= 4 is 41.0 Å². The lowest BCUT2D eigenvalue weighted by molar-refractivity contribution is -0.145. The maximum Gasteiger partial charge on any atom is 0.327 e. The van der Waals surface area contributed by atoms with Gasteiger partial charge in [-0.05, 0) is 31.8 Å². The average Bonchev–Trinajstić information content (AvgIpc) is 3.33. The fourth-order valence-electron chi connectivity index (χ4n) is 2.57. The molecule has 1 aliphatic heterocycles. The lowest BCUT2D eigenvalue weighted by atomic mass is 10.2. The first-order valence-electron chi connectivity index (χ1n) is 9.22. The van der Waals surface area contributed by atoms with Gasteiger partial charge in [-0.1, -0.05) is 10.4 Å². The molecule has 0 aliphatic carbocycles. The molecule has 2 aromatic rings. The van der Waals surface area contributed by atoms with E-state index in [1.807, 2.05) is 0 Å². The summed E-state index contributed by atoms with van der Waals surface area (Å²) >= 11 is 3.46. The van der Waals surface area contributed by atoms with Crippen molar-refractivity contribution in [1.29, 1.82) is 0 Å². The van der Waals surface area contributed by atoms with Gasteiger partial charge in [-0.2, -0.15) is 0 Å². The van der Waals surface area contributed by atoms with E-state index >= 15 is 0 Å². The van der Waals surface area contributed by atoms with Crippen LogP contribution in [0, 0.1) is 0 Å². The Kier molecular flexibility index (Phi) is 7.69. The highest BCUT2D eigenvalue weighted by Gasteiger charge is 2.22. The maximum atomic E-state index is 11.7. The molecule has 12 heteroatoms. The number of esters is 2. The number of aromatic nitrogens is 6. The van der Waals surface area contributed by atoms with Crippen LogP contribution in [0.5, 0.6) is 0 Å². The van der Waals surface area contributed by atoms with Crippen molar-refractivity contribution in [2.24, 2.45) is 0 Å². The number of rotatable bonds is 8. The van der Waals surface area contributed by atoms with Gasteiger partial charge in [0.2, 0.25) is 0 Å². The molecule has 0 spiro atoms. The second-order valence-corrected chi connectivity index (χ2v) is 8.39. The molecule has 0 radical (unpaired) electrons. The fraction of sp³-hybridized carbons (Fsp3) is 0.529. The van der Waals surface area contributed by atoms with E-state index in [2.05, 4.69) is 20.6 Å². The van der Waals surface area contributed by atoms with Crippen molar-refractivity contribution in [2.45, 2.75) is 33.4 Å². The minimum absolute atomic E-state index is 0.0146. The molecule has 2 aromatic heterocycles. The van der Waals surface area contributed by atoms with Gasteiger partial charge in [0.1, 0.15) is 24.5 Å². The Hall–Kier alpha value is -2.34. The molecule has 0 bridgehead atoms. The monoisotopic (exact) mass is 438 g/mol. The molecule has 0 atom stereocenters. The van der Waals surface area contributed by atoms with Gasteiger partial charge in [-0.25, -0.2) is 9.36 Å². The van der Waals surface area contributed by atoms with Gasteiger partial charge >= 0.3 is 11.9 Å². The summed E-state index contributed by atoms with van der Waals surface area (Å²) in [6.07, 6.45) is 4.51. The summed E-state index contributed by atoms with van der Waals surface area (Å²) in [7, 11) is 0. The van der Waals surface area contributed by atoms with Crippen molar-refractivity contribution < 1.29 is 19.1 Å². The number of carbonyl (C=O) groups excluding carboxylic acids is 2. The molecule has 0 aromatic carbocycles. The number of ether oxygens (including phenoxy) is 2. The Morgan fingerprint density at radius 1 is 0.931 bits per heavy atom. The minimum atomic E-state index is -0.375. The maximum absolute atomic E-state index is 11.7. The second-order valence-electron chi connectivity index (χ2n) is 5.93. The van der Waals surface area contributed by atoms with E-state index in [9.17, 15) is 9.59 Å². The Labute approximate surface area is 176 Å². The van der Waals surface area contributed by atoms with Crippen LogP contribution in [-0.2, 0) is 32.2 Å². The molecule has 0 unspecified atom stereocenters. The van der Waals surface area contributed by atoms with Crippen molar-refractivity contribution in [3.63, 3.8) is 0 Å². The van der Waals surface area contributed by atoms with Crippen LogP contribution in [0.25, 0.3) is 5.57 Å². The predicted molar refractivity (Wildman–Crippen MR) is 109 cm³/mol. The fourth-order valence-corrected chi connectivity index (χ4v) is 5.24. The number of nitrogens with zero attached hydrogens (tertiary/aromatic N) is 6. The zero-order valence-corrected chi connectivity index (χ0v) is 17.9. The topological polar surface area (TPSA) is 114 Å². The summed E-state index contributed by atoms with van der Waals surface area (Å²) in [5.74, 6) is 1.25. The first kappa shape index (κ1) is 21.4. The van der Waals surface area contributed by atoms with Crippen molar-refractivity contribution in [2.75, 3.05) is 24.7 Å². The van der Waals surface area contributed by atoms with E-state index < -0.39 is 0 Å². The molecular formula is C17H22N6O4S2. The summed E-state index contributed by atoms with van der Waals surface area (Å²) in [5.41, 5.74) is 1.98. The zero-order valence-electron chi connectivity index (χ0n) is 16.2. The van der Waals surface area contributed by atoms with Crippen LogP contribution in [0.3, 0.4) is 0 Å². The Bertz CT molecular complexity index is 826. The molecular weight excluding hydrogens is 416 g/mol. The van der Waals surface area contributed by atoms with Gasteiger partial charge in [0.25, 0.3) is 0 Å². The third kappa shape index (κ3) is 5.82. The minimum Gasteiger partial charge on any atom is -0.465 e. The number of thioether (sulfide) groups is 2. The summed E-state index contributed by atoms with van der Waals surface area (Å²) in [5, 5.41) is 16.6. The Balaban J connectivity index is 1.87. The van der Waals surface area contributed by atoms with E-state index in [1.165, 1.54) is 9.36 Å².